The van der Waals surface area contributed by atoms with Crippen molar-refractivity contribution >= 4 is 5.91 Å². The molecule has 0 aromatic heterocycles. The molecule has 4 nitrogen and oxygen atoms in total. The number of rotatable bonds is 5. The highest BCUT2D eigenvalue weighted by Gasteiger charge is 2.24. The average molecular weight is 242 g/mol. The molecule has 17 heavy (non-hydrogen) atoms. The van der Waals surface area contributed by atoms with E-state index in [0.29, 0.717) is 12.1 Å². The minimum atomic E-state index is -0.127. The highest BCUT2D eigenvalue weighted by Crippen LogP contribution is 2.20. The smallest absolute Gasteiger partial charge is 0.237 e. The van der Waals surface area contributed by atoms with E-state index in [9.17, 15) is 4.79 Å². The number of carbonyl (C=O) groups is 1. The van der Waals surface area contributed by atoms with Crippen molar-refractivity contribution in [2.24, 2.45) is 0 Å². The third-order valence-electron chi connectivity index (χ3n) is 3.27. The molecule has 1 rings (SSSR count). The van der Waals surface area contributed by atoms with Crippen molar-refractivity contribution in [1.29, 1.82) is 0 Å². The Balaban J connectivity index is 2.34. The minimum absolute atomic E-state index is 0.0829. The van der Waals surface area contributed by atoms with E-state index in [1.54, 1.807) is 7.11 Å². The van der Waals surface area contributed by atoms with E-state index in [1.165, 1.54) is 6.42 Å². The van der Waals surface area contributed by atoms with Crippen LogP contribution in [0, 0.1) is 0 Å². The third-order valence-corrected chi connectivity index (χ3v) is 3.27. The molecule has 100 valence electrons. The van der Waals surface area contributed by atoms with Crippen molar-refractivity contribution < 1.29 is 9.53 Å². The molecule has 0 spiro atoms. The third kappa shape index (κ3) is 5.04. The Morgan fingerprint density at radius 3 is 2.59 bits per heavy atom. The monoisotopic (exact) mass is 242 g/mol. The van der Waals surface area contributed by atoms with Crippen LogP contribution in [-0.2, 0) is 9.53 Å². The normalized spacial score (nSPS) is 26.9. The standard InChI is InChI=1S/C13H26N2O2/c1-9(2)14-13(16)10(3)15-11-6-5-7-12(8-11)17-4/h9-12,15H,5-8H2,1-4H3,(H,14,16). The van der Waals surface area contributed by atoms with Crippen molar-refractivity contribution in [2.75, 3.05) is 7.11 Å². The van der Waals surface area contributed by atoms with Crippen LogP contribution < -0.4 is 10.6 Å². The van der Waals surface area contributed by atoms with Crippen LogP contribution in [0.2, 0.25) is 0 Å². The van der Waals surface area contributed by atoms with Crippen molar-refractivity contribution in [2.45, 2.75) is 70.7 Å². The summed E-state index contributed by atoms with van der Waals surface area (Å²) in [5.41, 5.74) is 0. The molecule has 0 aromatic rings. The highest BCUT2D eigenvalue weighted by molar-refractivity contribution is 5.81. The molecule has 1 fully saturated rings. The summed E-state index contributed by atoms with van der Waals surface area (Å²) in [6, 6.07) is 0.476. The molecule has 0 radical (unpaired) electrons. The van der Waals surface area contributed by atoms with E-state index in [-0.39, 0.29) is 18.0 Å². The number of nitrogens with one attached hydrogen (secondary N) is 2. The fourth-order valence-electron chi connectivity index (χ4n) is 2.35. The Labute approximate surface area is 104 Å². The lowest BCUT2D eigenvalue weighted by Crippen LogP contribution is -2.49. The fourth-order valence-corrected chi connectivity index (χ4v) is 2.35. The molecule has 4 heteroatoms. The highest BCUT2D eigenvalue weighted by atomic mass is 16.5. The predicted molar refractivity (Wildman–Crippen MR) is 68.9 cm³/mol. The molecule has 0 saturated heterocycles. The average Bonchev–Trinajstić information content (AvgIpc) is 2.28. The van der Waals surface area contributed by atoms with E-state index in [0.717, 1.165) is 19.3 Å². The molecule has 3 atom stereocenters. The van der Waals surface area contributed by atoms with Crippen LogP contribution in [0.5, 0.6) is 0 Å². The van der Waals surface area contributed by atoms with E-state index < -0.39 is 0 Å². The van der Waals surface area contributed by atoms with E-state index >= 15 is 0 Å². The van der Waals surface area contributed by atoms with Crippen LogP contribution in [0.1, 0.15) is 46.5 Å². The molecule has 1 saturated carbocycles. The quantitative estimate of drug-likeness (QED) is 0.767. The van der Waals surface area contributed by atoms with Crippen molar-refractivity contribution in [3.63, 3.8) is 0 Å². The number of hydrogen-bond acceptors (Lipinski definition) is 3. The summed E-state index contributed by atoms with van der Waals surface area (Å²) in [6.07, 6.45) is 4.81. The molecule has 1 amide bonds. The first-order valence-corrected chi connectivity index (χ1v) is 6.62. The van der Waals surface area contributed by atoms with Crippen molar-refractivity contribution in [1.82, 2.24) is 10.6 Å². The Kier molecular flexibility index (Phi) is 5.92. The summed E-state index contributed by atoms with van der Waals surface area (Å²) in [4.78, 5) is 11.8. The van der Waals surface area contributed by atoms with Gasteiger partial charge in [0.2, 0.25) is 5.91 Å². The van der Waals surface area contributed by atoms with Gasteiger partial charge in [0.1, 0.15) is 0 Å². The number of methoxy groups -OCH3 is 1. The van der Waals surface area contributed by atoms with Gasteiger partial charge in [0.15, 0.2) is 0 Å². The molecule has 1 aliphatic rings. The largest absolute Gasteiger partial charge is 0.381 e. The maximum Gasteiger partial charge on any atom is 0.237 e. The van der Waals surface area contributed by atoms with Crippen molar-refractivity contribution in [3.8, 4) is 0 Å². The van der Waals surface area contributed by atoms with E-state index in [4.69, 9.17) is 4.74 Å². The SMILES string of the molecule is COC1CCCC(NC(C)C(=O)NC(C)C)C1. The molecule has 0 bridgehead atoms. The number of hydrogen-bond donors (Lipinski definition) is 2. The van der Waals surface area contributed by atoms with Gasteiger partial charge in [-0.25, -0.2) is 0 Å². The zero-order valence-electron chi connectivity index (χ0n) is 11.5. The van der Waals surface area contributed by atoms with Crippen LogP contribution >= 0.6 is 0 Å². The maximum absolute atomic E-state index is 11.8. The van der Waals surface area contributed by atoms with Crippen LogP contribution in [0.25, 0.3) is 0 Å². The summed E-state index contributed by atoms with van der Waals surface area (Å²) in [5, 5.41) is 6.32. The van der Waals surface area contributed by atoms with E-state index in [1.807, 2.05) is 20.8 Å². The second-order valence-corrected chi connectivity index (χ2v) is 5.27. The Morgan fingerprint density at radius 2 is 2.00 bits per heavy atom. The van der Waals surface area contributed by atoms with Gasteiger partial charge in [-0.05, 0) is 46.5 Å². The molecule has 0 aromatic carbocycles. The summed E-state index contributed by atoms with van der Waals surface area (Å²) >= 11 is 0. The molecular formula is C13H26N2O2. The van der Waals surface area contributed by atoms with Gasteiger partial charge >= 0.3 is 0 Å². The van der Waals surface area contributed by atoms with Gasteiger partial charge in [-0.3, -0.25) is 4.79 Å². The van der Waals surface area contributed by atoms with E-state index in [2.05, 4.69) is 10.6 Å². The first-order valence-electron chi connectivity index (χ1n) is 6.62. The second kappa shape index (κ2) is 6.97. The zero-order valence-corrected chi connectivity index (χ0v) is 11.5. The molecule has 0 aliphatic heterocycles. The molecule has 2 N–H and O–H groups in total. The second-order valence-electron chi connectivity index (χ2n) is 5.27. The van der Waals surface area contributed by atoms with Crippen molar-refractivity contribution in [3.05, 3.63) is 0 Å². The molecule has 1 aliphatic carbocycles. The number of ether oxygens (including phenoxy) is 1. The Morgan fingerprint density at radius 1 is 1.29 bits per heavy atom. The summed E-state index contributed by atoms with van der Waals surface area (Å²) in [5.74, 6) is 0.0829. The minimum Gasteiger partial charge on any atom is -0.381 e. The lowest BCUT2D eigenvalue weighted by molar-refractivity contribution is -0.123. The van der Waals surface area contributed by atoms with Gasteiger partial charge in [-0.15, -0.1) is 0 Å². The van der Waals surface area contributed by atoms with Crippen LogP contribution in [0.4, 0.5) is 0 Å². The van der Waals surface area contributed by atoms with Crippen LogP contribution in [0.15, 0.2) is 0 Å². The van der Waals surface area contributed by atoms with Gasteiger partial charge in [-0.2, -0.15) is 0 Å². The summed E-state index contributed by atoms with van der Waals surface area (Å²) in [6.45, 7) is 5.88. The number of carbonyl (C=O) groups excluding carboxylic acids is 1. The lowest BCUT2D eigenvalue weighted by atomic mass is 9.92. The first-order chi connectivity index (χ1) is 8.02. The van der Waals surface area contributed by atoms with Gasteiger partial charge < -0.3 is 15.4 Å². The lowest BCUT2D eigenvalue weighted by Gasteiger charge is -2.31. The summed E-state index contributed by atoms with van der Waals surface area (Å²) in [7, 11) is 1.77. The first kappa shape index (κ1) is 14.5. The van der Waals surface area contributed by atoms with Gasteiger partial charge in [0.25, 0.3) is 0 Å². The molecule has 3 unspecified atom stereocenters. The van der Waals surface area contributed by atoms with Gasteiger partial charge in [0, 0.05) is 19.2 Å². The fraction of sp³-hybridized carbons (Fsp3) is 0.923. The Bertz CT molecular complexity index is 244. The van der Waals surface area contributed by atoms with Gasteiger partial charge in [-0.1, -0.05) is 0 Å². The topological polar surface area (TPSA) is 50.4 Å². The molecular weight excluding hydrogens is 216 g/mol. The molecule has 0 heterocycles. The van der Waals surface area contributed by atoms with Gasteiger partial charge in [0.05, 0.1) is 12.1 Å². The van der Waals surface area contributed by atoms with Crippen LogP contribution in [-0.4, -0.2) is 37.2 Å². The summed E-state index contributed by atoms with van der Waals surface area (Å²) < 4.78 is 5.39. The predicted octanol–water partition coefficient (Wildman–Crippen LogP) is 1.45. The number of amides is 1. The Hall–Kier alpha value is -0.610. The maximum atomic E-state index is 11.8. The zero-order chi connectivity index (χ0) is 12.8. The van der Waals surface area contributed by atoms with Crippen LogP contribution in [0.3, 0.4) is 0 Å².